The second-order valence-electron chi connectivity index (χ2n) is 6.72. The van der Waals surface area contributed by atoms with Crippen LogP contribution in [0.3, 0.4) is 0 Å². The van der Waals surface area contributed by atoms with E-state index in [-0.39, 0.29) is 40.2 Å². The van der Waals surface area contributed by atoms with Crippen LogP contribution in [0.5, 0.6) is 11.5 Å². The summed E-state index contributed by atoms with van der Waals surface area (Å²) in [6, 6.07) is 9.30. The van der Waals surface area contributed by atoms with E-state index in [9.17, 15) is 0 Å². The summed E-state index contributed by atoms with van der Waals surface area (Å²) in [6.07, 6.45) is -0.0670. The molecule has 4 N–H and O–H groups in total. The van der Waals surface area contributed by atoms with E-state index in [1.54, 1.807) is 26.0 Å². The minimum absolute atomic E-state index is 0.0439. The quantitative estimate of drug-likeness (QED) is 0.113. The van der Waals surface area contributed by atoms with E-state index in [2.05, 4.69) is 11.7 Å². The second kappa shape index (κ2) is 9.32. The van der Waals surface area contributed by atoms with E-state index in [1.807, 2.05) is 0 Å². The van der Waals surface area contributed by atoms with Crippen molar-refractivity contribution in [3.05, 3.63) is 81.5 Å². The Morgan fingerprint density at radius 1 is 1.19 bits per heavy atom. The van der Waals surface area contributed by atoms with E-state index in [0.717, 1.165) is 0 Å². The molecule has 0 amide bonds. The Balaban J connectivity index is 1.83. The predicted octanol–water partition coefficient (Wildman–Crippen LogP) is 6.22. The summed E-state index contributed by atoms with van der Waals surface area (Å²) in [6.45, 7) is 7.46. The minimum Gasteiger partial charge on any atom is -0.466 e. The summed E-state index contributed by atoms with van der Waals surface area (Å²) in [5.74, 6) is 6.47. The van der Waals surface area contributed by atoms with Crippen molar-refractivity contribution >= 4 is 40.5 Å². The van der Waals surface area contributed by atoms with Crippen molar-refractivity contribution < 1.29 is 18.3 Å². The molecule has 0 bridgehead atoms. The number of anilines is 1. The van der Waals surface area contributed by atoms with Crippen LogP contribution in [0.25, 0.3) is 5.76 Å². The molecular weight excluding hydrogens is 444 g/mol. The van der Waals surface area contributed by atoms with Crippen LogP contribution in [-0.4, -0.2) is 5.90 Å². The third kappa shape index (κ3) is 5.31. The molecule has 2 aromatic carbocycles. The molecule has 1 heterocycles. The Hall–Kier alpha value is -3.16. The van der Waals surface area contributed by atoms with Gasteiger partial charge in [-0.05, 0) is 38.1 Å². The van der Waals surface area contributed by atoms with Crippen LogP contribution in [0.15, 0.2) is 52.5 Å². The summed E-state index contributed by atoms with van der Waals surface area (Å²) in [5, 5.41) is 4.03. The van der Waals surface area contributed by atoms with Gasteiger partial charge in [-0.2, -0.15) is 0 Å². The first kappa shape index (κ1) is 22.5. The molecule has 3 aromatic rings. The fourth-order valence-corrected chi connectivity index (χ4v) is 3.36. The lowest BCUT2D eigenvalue weighted by atomic mass is 10.1. The van der Waals surface area contributed by atoms with Crippen LogP contribution >= 0.6 is 23.2 Å². The van der Waals surface area contributed by atoms with Gasteiger partial charge in [0.15, 0.2) is 11.6 Å². The van der Waals surface area contributed by atoms with Gasteiger partial charge in [-0.1, -0.05) is 35.8 Å². The van der Waals surface area contributed by atoms with Crippen LogP contribution in [0.4, 0.5) is 10.1 Å². The number of nitrogens with zero attached hydrogens (tertiary/aromatic N) is 1. The average molecular weight is 464 g/mol. The molecule has 0 aliphatic carbocycles. The zero-order chi connectivity index (χ0) is 22.7. The molecule has 0 fully saturated rings. The first-order valence-corrected chi connectivity index (χ1v) is 9.85. The number of benzene rings is 2. The van der Waals surface area contributed by atoms with Crippen molar-refractivity contribution in [2.45, 2.75) is 20.3 Å². The maximum absolute atomic E-state index is 15.2. The van der Waals surface area contributed by atoms with Crippen LogP contribution in [0, 0.1) is 19.7 Å². The highest BCUT2D eigenvalue weighted by molar-refractivity contribution is 6.32. The maximum atomic E-state index is 15.2. The summed E-state index contributed by atoms with van der Waals surface area (Å²) >= 11 is 12.1. The number of nitrogen functional groups attached to an aromatic ring is 1. The van der Waals surface area contributed by atoms with Crippen LogP contribution in [-0.2, 0) is 11.2 Å². The Morgan fingerprint density at radius 2 is 1.94 bits per heavy atom. The number of halogens is 3. The van der Waals surface area contributed by atoms with Crippen molar-refractivity contribution in [1.82, 2.24) is 0 Å². The van der Waals surface area contributed by atoms with E-state index >= 15 is 4.39 Å². The molecule has 1 aromatic heterocycles. The molecule has 0 spiro atoms. The minimum atomic E-state index is -0.697. The largest absolute Gasteiger partial charge is 0.466 e. The number of furan rings is 1. The standard InChI is InChI=1S/C22H20Cl2FN3O3/c1-11-6-18(12(2)29-11)13(3)30-20(28-27)7-14-4-5-19(24)22(21(14)25)31-17-9-15(23)8-16(26)10-17/h4-6,8-10H,3,7,26-27H2,1-2H3/b28-20-. The highest BCUT2D eigenvalue weighted by atomic mass is 35.5. The number of hydrogen-bond acceptors (Lipinski definition) is 6. The molecule has 0 atom stereocenters. The van der Waals surface area contributed by atoms with Gasteiger partial charge in [-0.3, -0.25) is 0 Å². The molecule has 31 heavy (non-hydrogen) atoms. The van der Waals surface area contributed by atoms with Crippen molar-refractivity contribution in [2.24, 2.45) is 10.9 Å². The monoisotopic (exact) mass is 463 g/mol. The van der Waals surface area contributed by atoms with Gasteiger partial charge in [-0.15, -0.1) is 5.10 Å². The van der Waals surface area contributed by atoms with Crippen LogP contribution < -0.4 is 16.3 Å². The highest BCUT2D eigenvalue weighted by Crippen LogP contribution is 2.36. The normalized spacial score (nSPS) is 11.5. The topological polar surface area (TPSA) is 96.0 Å². The van der Waals surface area contributed by atoms with E-state index in [1.165, 1.54) is 24.3 Å². The molecule has 0 aliphatic rings. The molecule has 0 saturated carbocycles. The summed E-state index contributed by atoms with van der Waals surface area (Å²) in [4.78, 5) is 0. The Kier molecular flexibility index (Phi) is 6.77. The molecular formula is C22H20Cl2FN3O3. The second-order valence-corrected chi connectivity index (χ2v) is 7.57. The zero-order valence-electron chi connectivity index (χ0n) is 16.8. The lowest BCUT2D eigenvalue weighted by Crippen LogP contribution is -2.12. The average Bonchev–Trinajstić information content (AvgIpc) is 3.04. The highest BCUT2D eigenvalue weighted by Gasteiger charge is 2.19. The summed E-state index contributed by atoms with van der Waals surface area (Å²) < 4.78 is 31.9. The van der Waals surface area contributed by atoms with Crippen molar-refractivity contribution in [1.29, 1.82) is 0 Å². The predicted molar refractivity (Wildman–Crippen MR) is 121 cm³/mol. The number of rotatable bonds is 6. The van der Waals surface area contributed by atoms with Crippen LogP contribution in [0.1, 0.15) is 22.6 Å². The first-order valence-electron chi connectivity index (χ1n) is 9.09. The van der Waals surface area contributed by atoms with E-state index < -0.39 is 5.82 Å². The van der Waals surface area contributed by atoms with E-state index in [0.29, 0.717) is 27.8 Å². The van der Waals surface area contributed by atoms with E-state index in [4.69, 9.17) is 48.7 Å². The lowest BCUT2D eigenvalue weighted by molar-refractivity contribution is 0.438. The third-order valence-electron chi connectivity index (χ3n) is 4.31. The van der Waals surface area contributed by atoms with Gasteiger partial charge in [0.1, 0.15) is 23.0 Å². The number of nitrogens with two attached hydrogens (primary N) is 2. The summed E-state index contributed by atoms with van der Waals surface area (Å²) in [7, 11) is 0. The third-order valence-corrected chi connectivity index (χ3v) is 4.83. The molecule has 9 heteroatoms. The molecule has 0 radical (unpaired) electrons. The molecule has 6 nitrogen and oxygen atoms in total. The molecule has 162 valence electrons. The smallest absolute Gasteiger partial charge is 0.216 e. The Labute approximate surface area is 188 Å². The van der Waals surface area contributed by atoms with Crippen molar-refractivity contribution in [2.75, 3.05) is 5.73 Å². The fraction of sp³-hybridized carbons (Fsp3) is 0.136. The number of hydrogen-bond donors (Lipinski definition) is 2. The summed E-state index contributed by atoms with van der Waals surface area (Å²) in [5.41, 5.74) is 6.99. The van der Waals surface area contributed by atoms with Gasteiger partial charge in [-0.25, -0.2) is 4.39 Å². The number of aryl methyl sites for hydroxylation is 2. The van der Waals surface area contributed by atoms with Crippen molar-refractivity contribution in [3.8, 4) is 11.5 Å². The SMILES string of the molecule is C=C(O/C(Cc1ccc(Cl)c(Oc2cc(N)cc(Cl)c2)c1F)=N\N)c1cc(C)oc1C. The molecule has 0 saturated heterocycles. The molecule has 0 unspecified atom stereocenters. The van der Waals surface area contributed by atoms with Gasteiger partial charge >= 0.3 is 0 Å². The Morgan fingerprint density at radius 3 is 2.55 bits per heavy atom. The number of ether oxygens (including phenoxy) is 2. The maximum Gasteiger partial charge on any atom is 0.216 e. The van der Waals surface area contributed by atoms with Gasteiger partial charge in [0, 0.05) is 22.3 Å². The van der Waals surface area contributed by atoms with Gasteiger partial charge < -0.3 is 25.5 Å². The van der Waals surface area contributed by atoms with Crippen LogP contribution in [0.2, 0.25) is 10.0 Å². The Bertz CT molecular complexity index is 1150. The van der Waals surface area contributed by atoms with Gasteiger partial charge in [0.25, 0.3) is 0 Å². The fourth-order valence-electron chi connectivity index (χ4n) is 2.94. The zero-order valence-corrected chi connectivity index (χ0v) is 18.4. The van der Waals surface area contributed by atoms with Gasteiger partial charge in [0.05, 0.1) is 17.0 Å². The van der Waals surface area contributed by atoms with Gasteiger partial charge in [0.2, 0.25) is 5.90 Å². The molecule has 0 aliphatic heterocycles. The number of hydrazone groups is 1. The first-order chi connectivity index (χ1) is 14.7. The lowest BCUT2D eigenvalue weighted by Gasteiger charge is -2.14. The van der Waals surface area contributed by atoms with Crippen molar-refractivity contribution in [3.63, 3.8) is 0 Å². The molecule has 3 rings (SSSR count).